The second kappa shape index (κ2) is 8.23. The van der Waals surface area contributed by atoms with E-state index in [1.807, 2.05) is 13.8 Å². The Morgan fingerprint density at radius 2 is 2.03 bits per heavy atom. The summed E-state index contributed by atoms with van der Waals surface area (Å²) < 4.78 is 40.9. The van der Waals surface area contributed by atoms with E-state index >= 15 is 0 Å². The van der Waals surface area contributed by atoms with Gasteiger partial charge < -0.3 is 21.4 Å². The molecular formula is C21H23F3N8. The summed E-state index contributed by atoms with van der Waals surface area (Å²) >= 11 is 0. The maximum atomic E-state index is 13.2. The second-order valence-electron chi connectivity index (χ2n) is 7.77. The molecule has 4 heterocycles. The maximum Gasteiger partial charge on any atom is 0.417 e. The third-order valence-electron chi connectivity index (χ3n) is 5.62. The summed E-state index contributed by atoms with van der Waals surface area (Å²) in [4.78, 5) is 15.2. The molecule has 0 saturated carbocycles. The molecule has 0 radical (unpaired) electrons. The van der Waals surface area contributed by atoms with E-state index in [9.17, 15) is 13.2 Å². The first kappa shape index (κ1) is 21.8. The number of rotatable bonds is 4. The fourth-order valence-corrected chi connectivity index (χ4v) is 4.00. The Kier molecular flexibility index (Phi) is 5.59. The largest absolute Gasteiger partial charge is 0.417 e. The SMILES string of the molecule is CC1CN(c2ccnc(-c3cnc4ccc(C(F)(F)F)cn34)n2)C(C)C(/C(C=N)=C/N)N1. The molecule has 4 N–H and O–H groups in total. The minimum atomic E-state index is -4.47. The molecule has 1 aliphatic heterocycles. The van der Waals surface area contributed by atoms with Gasteiger partial charge in [-0.25, -0.2) is 15.0 Å². The van der Waals surface area contributed by atoms with Gasteiger partial charge in [0, 0.05) is 49.0 Å². The summed E-state index contributed by atoms with van der Waals surface area (Å²) in [7, 11) is 0. The Morgan fingerprint density at radius 3 is 2.72 bits per heavy atom. The van der Waals surface area contributed by atoms with Crippen LogP contribution in [0.1, 0.15) is 19.4 Å². The van der Waals surface area contributed by atoms with Gasteiger partial charge in [-0.15, -0.1) is 0 Å². The number of halogens is 3. The van der Waals surface area contributed by atoms with E-state index in [1.165, 1.54) is 29.1 Å². The van der Waals surface area contributed by atoms with Crippen LogP contribution < -0.4 is 16.0 Å². The number of nitrogens with zero attached hydrogens (tertiary/aromatic N) is 5. The van der Waals surface area contributed by atoms with E-state index in [0.29, 0.717) is 29.3 Å². The molecule has 1 saturated heterocycles. The van der Waals surface area contributed by atoms with Crippen molar-refractivity contribution in [2.75, 3.05) is 11.4 Å². The van der Waals surface area contributed by atoms with Crippen LogP contribution in [-0.4, -0.2) is 50.2 Å². The van der Waals surface area contributed by atoms with Gasteiger partial charge in [0.15, 0.2) is 5.82 Å². The molecule has 0 aliphatic carbocycles. The summed E-state index contributed by atoms with van der Waals surface area (Å²) in [6, 6.07) is 3.91. The monoisotopic (exact) mass is 444 g/mol. The highest BCUT2D eigenvalue weighted by Gasteiger charge is 2.34. The number of nitrogens with one attached hydrogen (secondary N) is 2. The molecule has 4 rings (SSSR count). The van der Waals surface area contributed by atoms with Crippen molar-refractivity contribution in [2.45, 2.75) is 38.1 Å². The Labute approximate surface area is 182 Å². The highest BCUT2D eigenvalue weighted by atomic mass is 19.4. The minimum Gasteiger partial charge on any atom is -0.404 e. The van der Waals surface area contributed by atoms with Crippen molar-refractivity contribution in [3.05, 3.63) is 54.1 Å². The van der Waals surface area contributed by atoms with Gasteiger partial charge in [-0.1, -0.05) is 0 Å². The highest BCUT2D eigenvalue weighted by molar-refractivity contribution is 5.78. The Bertz CT molecular complexity index is 1170. The van der Waals surface area contributed by atoms with Gasteiger partial charge in [0.2, 0.25) is 0 Å². The summed E-state index contributed by atoms with van der Waals surface area (Å²) in [5, 5.41) is 11.1. The number of fused-ring (bicyclic) bond motifs is 1. The van der Waals surface area contributed by atoms with E-state index in [1.54, 1.807) is 12.3 Å². The number of imidazole rings is 1. The number of alkyl halides is 3. The van der Waals surface area contributed by atoms with E-state index in [2.05, 4.69) is 25.2 Å². The fraction of sp³-hybridized carbons (Fsp3) is 0.333. The lowest BCUT2D eigenvalue weighted by molar-refractivity contribution is -0.137. The van der Waals surface area contributed by atoms with Crippen LogP contribution in [0.25, 0.3) is 17.2 Å². The molecule has 3 atom stereocenters. The molecule has 3 aromatic heterocycles. The van der Waals surface area contributed by atoms with Gasteiger partial charge in [0.1, 0.15) is 17.2 Å². The van der Waals surface area contributed by atoms with Crippen LogP contribution in [-0.2, 0) is 6.18 Å². The van der Waals surface area contributed by atoms with Crippen LogP contribution in [0.5, 0.6) is 0 Å². The number of hydrogen-bond donors (Lipinski definition) is 3. The molecule has 168 valence electrons. The topological polar surface area (TPSA) is 108 Å². The van der Waals surface area contributed by atoms with Crippen LogP contribution in [0.4, 0.5) is 19.0 Å². The van der Waals surface area contributed by atoms with Gasteiger partial charge in [0.25, 0.3) is 0 Å². The van der Waals surface area contributed by atoms with Crippen LogP contribution in [0.3, 0.4) is 0 Å². The molecule has 0 aromatic carbocycles. The van der Waals surface area contributed by atoms with Gasteiger partial charge in [-0.2, -0.15) is 13.2 Å². The summed E-state index contributed by atoms with van der Waals surface area (Å²) in [5.74, 6) is 0.898. The average molecular weight is 444 g/mol. The molecular weight excluding hydrogens is 421 g/mol. The molecule has 32 heavy (non-hydrogen) atoms. The van der Waals surface area contributed by atoms with Crippen molar-refractivity contribution in [3.63, 3.8) is 0 Å². The molecule has 0 amide bonds. The van der Waals surface area contributed by atoms with E-state index in [0.717, 1.165) is 12.3 Å². The predicted molar refractivity (Wildman–Crippen MR) is 115 cm³/mol. The summed E-state index contributed by atoms with van der Waals surface area (Å²) in [5.41, 5.74) is 6.32. The van der Waals surface area contributed by atoms with Crippen LogP contribution in [0, 0.1) is 5.41 Å². The minimum absolute atomic E-state index is 0.0793. The maximum absolute atomic E-state index is 13.2. The van der Waals surface area contributed by atoms with Gasteiger partial charge in [-0.05, 0) is 32.0 Å². The Hall–Kier alpha value is -3.47. The normalized spacial score (nSPS) is 22.3. The molecule has 3 aromatic rings. The zero-order valence-electron chi connectivity index (χ0n) is 17.5. The van der Waals surface area contributed by atoms with Crippen molar-refractivity contribution in [3.8, 4) is 11.5 Å². The third-order valence-corrected chi connectivity index (χ3v) is 5.62. The van der Waals surface area contributed by atoms with Gasteiger partial charge >= 0.3 is 6.18 Å². The first-order valence-electron chi connectivity index (χ1n) is 10.1. The Balaban J connectivity index is 1.73. The first-order chi connectivity index (χ1) is 15.2. The number of piperazine rings is 1. The fourth-order valence-electron chi connectivity index (χ4n) is 4.00. The van der Waals surface area contributed by atoms with Crippen molar-refractivity contribution >= 4 is 17.7 Å². The van der Waals surface area contributed by atoms with Crippen molar-refractivity contribution in [1.82, 2.24) is 24.7 Å². The smallest absolute Gasteiger partial charge is 0.404 e. The van der Waals surface area contributed by atoms with Gasteiger partial charge in [-0.3, -0.25) is 4.40 Å². The molecule has 0 spiro atoms. The number of aromatic nitrogens is 4. The van der Waals surface area contributed by atoms with Crippen molar-refractivity contribution in [1.29, 1.82) is 5.41 Å². The zero-order valence-corrected chi connectivity index (χ0v) is 17.5. The first-order valence-corrected chi connectivity index (χ1v) is 10.1. The second-order valence-corrected chi connectivity index (χ2v) is 7.77. The molecule has 1 aliphatic rings. The van der Waals surface area contributed by atoms with E-state index < -0.39 is 11.7 Å². The standard InChI is InChI=1S/C21H23F3N8/c1-12-10-31(13(2)19(29-12)14(7-25)8-26)18-5-6-27-20(30-18)16-9-28-17-4-3-15(11-32(16)17)21(22,23)24/h3-9,11-13,19,25,29H,10,26H2,1-2H3/b14-8+,25-7?. The molecule has 8 nitrogen and oxygen atoms in total. The number of hydrogen-bond acceptors (Lipinski definition) is 7. The van der Waals surface area contributed by atoms with Crippen molar-refractivity contribution in [2.24, 2.45) is 5.73 Å². The molecule has 3 unspecified atom stereocenters. The van der Waals surface area contributed by atoms with Crippen LogP contribution in [0.15, 0.2) is 48.6 Å². The quantitative estimate of drug-likeness (QED) is 0.534. The van der Waals surface area contributed by atoms with E-state index in [4.69, 9.17) is 11.1 Å². The van der Waals surface area contributed by atoms with E-state index in [-0.39, 0.29) is 23.9 Å². The lowest BCUT2D eigenvalue weighted by Gasteiger charge is -2.44. The lowest BCUT2D eigenvalue weighted by Crippen LogP contribution is -2.61. The zero-order chi connectivity index (χ0) is 23.0. The van der Waals surface area contributed by atoms with Gasteiger partial charge in [0.05, 0.1) is 17.8 Å². The highest BCUT2D eigenvalue weighted by Crippen LogP contribution is 2.31. The predicted octanol–water partition coefficient (Wildman–Crippen LogP) is 2.86. The van der Waals surface area contributed by atoms with Crippen LogP contribution >= 0.6 is 0 Å². The molecule has 1 fully saturated rings. The third kappa shape index (κ3) is 3.91. The number of nitrogens with two attached hydrogens (primary N) is 1. The van der Waals surface area contributed by atoms with Crippen LogP contribution in [0.2, 0.25) is 0 Å². The van der Waals surface area contributed by atoms with Crippen molar-refractivity contribution < 1.29 is 13.2 Å². The Morgan fingerprint density at radius 1 is 1.25 bits per heavy atom. The summed E-state index contributed by atoms with van der Waals surface area (Å²) in [6.45, 7) is 4.67. The number of pyridine rings is 1. The molecule has 0 bridgehead atoms. The molecule has 11 heteroatoms. The number of anilines is 1. The lowest BCUT2D eigenvalue weighted by atomic mass is 9.96. The average Bonchev–Trinajstić information content (AvgIpc) is 3.19. The summed E-state index contributed by atoms with van der Waals surface area (Å²) in [6.07, 6.45) is 2.22.